The van der Waals surface area contributed by atoms with Crippen molar-refractivity contribution in [2.45, 2.75) is 19.3 Å². The third kappa shape index (κ3) is 2.38. The number of methoxy groups -OCH3 is 1. The van der Waals surface area contributed by atoms with Crippen molar-refractivity contribution in [2.24, 2.45) is 11.8 Å². The summed E-state index contributed by atoms with van der Waals surface area (Å²) in [5.41, 5.74) is 1.14. The van der Waals surface area contributed by atoms with Crippen molar-refractivity contribution < 1.29 is 9.53 Å². The Kier molecular flexibility index (Phi) is 3.05. The summed E-state index contributed by atoms with van der Waals surface area (Å²) in [5, 5.41) is 0. The summed E-state index contributed by atoms with van der Waals surface area (Å²) in [5.74, 6) is 1.69. The smallest absolute Gasteiger partial charge is 0.123 e. The highest BCUT2D eigenvalue weighted by Crippen LogP contribution is 2.38. The monoisotopic (exact) mass is 204 g/mol. The van der Waals surface area contributed by atoms with Gasteiger partial charge < -0.3 is 9.53 Å². The molecule has 0 amide bonds. The quantitative estimate of drug-likeness (QED) is 0.689. The van der Waals surface area contributed by atoms with E-state index >= 15 is 0 Å². The Morgan fingerprint density at radius 3 is 2.80 bits per heavy atom. The van der Waals surface area contributed by atoms with Crippen molar-refractivity contribution >= 4 is 6.29 Å². The highest BCUT2D eigenvalue weighted by Gasteiger charge is 2.31. The molecule has 0 saturated heterocycles. The molecule has 2 nitrogen and oxygen atoms in total. The van der Waals surface area contributed by atoms with Crippen LogP contribution in [0.5, 0.6) is 5.75 Å². The molecule has 1 fully saturated rings. The summed E-state index contributed by atoms with van der Waals surface area (Å²) < 4.78 is 5.27. The van der Waals surface area contributed by atoms with Crippen LogP contribution >= 0.6 is 0 Å². The molecule has 1 aliphatic carbocycles. The minimum atomic E-state index is 0.182. The number of carbonyl (C=O) groups is 1. The molecule has 2 heteroatoms. The van der Waals surface area contributed by atoms with E-state index in [-0.39, 0.29) is 5.92 Å². The van der Waals surface area contributed by atoms with Crippen LogP contribution in [0.25, 0.3) is 0 Å². The number of hydrogen-bond acceptors (Lipinski definition) is 2. The van der Waals surface area contributed by atoms with Crippen molar-refractivity contribution in [2.75, 3.05) is 7.11 Å². The van der Waals surface area contributed by atoms with Gasteiger partial charge in [-0.1, -0.05) is 18.2 Å². The molecule has 2 rings (SSSR count). The van der Waals surface area contributed by atoms with Crippen LogP contribution in [0.2, 0.25) is 0 Å². The maximum absolute atomic E-state index is 10.9. The first-order valence-corrected chi connectivity index (χ1v) is 5.42. The fraction of sp³-hybridized carbons (Fsp3) is 0.462. The van der Waals surface area contributed by atoms with E-state index in [4.69, 9.17) is 4.74 Å². The van der Waals surface area contributed by atoms with Crippen LogP contribution in [0.3, 0.4) is 0 Å². The second kappa shape index (κ2) is 4.47. The Labute approximate surface area is 90.3 Å². The van der Waals surface area contributed by atoms with Crippen LogP contribution in [-0.2, 0) is 11.2 Å². The van der Waals surface area contributed by atoms with E-state index in [9.17, 15) is 4.79 Å². The Bertz CT molecular complexity index is 342. The zero-order valence-corrected chi connectivity index (χ0v) is 8.98. The van der Waals surface area contributed by atoms with Crippen molar-refractivity contribution in [1.82, 2.24) is 0 Å². The van der Waals surface area contributed by atoms with Gasteiger partial charge in [-0.3, -0.25) is 0 Å². The minimum absolute atomic E-state index is 0.182. The lowest BCUT2D eigenvalue weighted by molar-refractivity contribution is -0.111. The zero-order valence-electron chi connectivity index (χ0n) is 8.98. The van der Waals surface area contributed by atoms with E-state index in [0.29, 0.717) is 5.92 Å². The molecule has 0 aliphatic heterocycles. The molecule has 1 aromatic carbocycles. The third-order valence-corrected chi connectivity index (χ3v) is 3.05. The summed E-state index contributed by atoms with van der Waals surface area (Å²) >= 11 is 0. The molecular formula is C13H16O2. The Morgan fingerprint density at radius 2 is 2.20 bits per heavy atom. The van der Waals surface area contributed by atoms with Gasteiger partial charge in [-0.05, 0) is 36.8 Å². The summed E-state index contributed by atoms with van der Waals surface area (Å²) in [6, 6.07) is 7.93. The first-order chi connectivity index (χ1) is 7.35. The summed E-state index contributed by atoms with van der Waals surface area (Å²) in [4.78, 5) is 10.9. The number of aldehydes is 1. The lowest BCUT2D eigenvalue weighted by Crippen LogP contribution is -2.09. The normalized spacial score (nSPS) is 17.1. The van der Waals surface area contributed by atoms with Gasteiger partial charge in [0.25, 0.3) is 0 Å². The molecule has 0 aromatic heterocycles. The molecular weight excluding hydrogens is 188 g/mol. The first kappa shape index (κ1) is 10.2. The van der Waals surface area contributed by atoms with Crippen LogP contribution in [0, 0.1) is 11.8 Å². The zero-order chi connectivity index (χ0) is 10.7. The van der Waals surface area contributed by atoms with Gasteiger partial charge in [0, 0.05) is 5.92 Å². The van der Waals surface area contributed by atoms with Gasteiger partial charge in [-0.25, -0.2) is 0 Å². The van der Waals surface area contributed by atoms with Gasteiger partial charge in [0.1, 0.15) is 12.0 Å². The largest absolute Gasteiger partial charge is 0.496 e. The molecule has 80 valence electrons. The number of hydrogen-bond donors (Lipinski definition) is 0. The van der Waals surface area contributed by atoms with Gasteiger partial charge in [0.2, 0.25) is 0 Å². The molecule has 1 unspecified atom stereocenters. The molecule has 1 aliphatic rings. The maximum Gasteiger partial charge on any atom is 0.123 e. The lowest BCUT2D eigenvalue weighted by atomic mass is 9.96. The predicted octanol–water partition coefficient (Wildman–Crippen LogP) is 2.46. The molecule has 1 saturated carbocycles. The van der Waals surface area contributed by atoms with Gasteiger partial charge in [0.15, 0.2) is 0 Å². The van der Waals surface area contributed by atoms with Crippen molar-refractivity contribution in [3.05, 3.63) is 29.8 Å². The predicted molar refractivity (Wildman–Crippen MR) is 59.0 cm³/mol. The van der Waals surface area contributed by atoms with Crippen LogP contribution in [-0.4, -0.2) is 13.4 Å². The lowest BCUT2D eigenvalue weighted by Gasteiger charge is -2.12. The highest BCUT2D eigenvalue weighted by atomic mass is 16.5. The highest BCUT2D eigenvalue weighted by molar-refractivity contribution is 5.56. The SMILES string of the molecule is COc1ccccc1CC(C=O)C1CC1. The average molecular weight is 204 g/mol. The van der Waals surface area contributed by atoms with E-state index in [0.717, 1.165) is 24.0 Å². The van der Waals surface area contributed by atoms with Crippen LogP contribution in [0.1, 0.15) is 18.4 Å². The van der Waals surface area contributed by atoms with E-state index < -0.39 is 0 Å². The van der Waals surface area contributed by atoms with Crippen LogP contribution in [0.15, 0.2) is 24.3 Å². The fourth-order valence-corrected chi connectivity index (χ4v) is 1.98. The topological polar surface area (TPSA) is 26.3 Å². The second-order valence-electron chi connectivity index (χ2n) is 4.15. The van der Waals surface area contributed by atoms with E-state index in [1.165, 1.54) is 12.8 Å². The van der Waals surface area contributed by atoms with Crippen LogP contribution in [0.4, 0.5) is 0 Å². The Morgan fingerprint density at radius 1 is 1.47 bits per heavy atom. The maximum atomic E-state index is 10.9. The van der Waals surface area contributed by atoms with Crippen molar-refractivity contribution in [1.29, 1.82) is 0 Å². The fourth-order valence-electron chi connectivity index (χ4n) is 1.98. The molecule has 0 N–H and O–H groups in total. The van der Waals surface area contributed by atoms with Crippen molar-refractivity contribution in [3.8, 4) is 5.75 Å². The van der Waals surface area contributed by atoms with Gasteiger partial charge in [0.05, 0.1) is 7.11 Å². The Balaban J connectivity index is 2.10. The third-order valence-electron chi connectivity index (χ3n) is 3.05. The number of benzene rings is 1. The number of rotatable bonds is 5. The van der Waals surface area contributed by atoms with Gasteiger partial charge in [-0.15, -0.1) is 0 Å². The molecule has 0 spiro atoms. The average Bonchev–Trinajstić information content (AvgIpc) is 3.10. The Hall–Kier alpha value is -1.31. The first-order valence-electron chi connectivity index (χ1n) is 5.42. The van der Waals surface area contributed by atoms with Gasteiger partial charge >= 0.3 is 0 Å². The number of ether oxygens (including phenoxy) is 1. The molecule has 1 atom stereocenters. The van der Waals surface area contributed by atoms with Crippen molar-refractivity contribution in [3.63, 3.8) is 0 Å². The molecule has 1 aromatic rings. The molecule has 0 radical (unpaired) electrons. The molecule has 15 heavy (non-hydrogen) atoms. The summed E-state index contributed by atoms with van der Waals surface area (Å²) in [6.45, 7) is 0. The minimum Gasteiger partial charge on any atom is -0.496 e. The number of carbonyl (C=O) groups excluding carboxylic acids is 1. The number of para-hydroxylation sites is 1. The summed E-state index contributed by atoms with van der Waals surface area (Å²) in [7, 11) is 1.67. The van der Waals surface area contributed by atoms with E-state index in [1.807, 2.05) is 24.3 Å². The molecule has 0 heterocycles. The van der Waals surface area contributed by atoms with Crippen LogP contribution < -0.4 is 4.74 Å². The summed E-state index contributed by atoms with van der Waals surface area (Å²) in [6.07, 6.45) is 4.33. The van der Waals surface area contributed by atoms with E-state index in [2.05, 4.69) is 0 Å². The van der Waals surface area contributed by atoms with Gasteiger partial charge in [-0.2, -0.15) is 0 Å². The molecule has 0 bridgehead atoms. The standard InChI is InChI=1S/C13H16O2/c1-15-13-5-3-2-4-11(13)8-12(9-14)10-6-7-10/h2-5,9-10,12H,6-8H2,1H3. The second-order valence-corrected chi connectivity index (χ2v) is 4.15. The van der Waals surface area contributed by atoms with E-state index in [1.54, 1.807) is 7.11 Å².